The first-order chi connectivity index (χ1) is 14.7. The molecule has 0 aliphatic heterocycles. The fourth-order valence-electron chi connectivity index (χ4n) is 3.26. The number of halogens is 2. The molecule has 0 aromatic heterocycles. The van der Waals surface area contributed by atoms with E-state index in [2.05, 4.69) is 5.32 Å². The third kappa shape index (κ3) is 5.39. The lowest BCUT2D eigenvalue weighted by molar-refractivity contribution is 0.267. The molecule has 0 saturated carbocycles. The maximum Gasteiger partial charge on any atom is 0.175 e. The summed E-state index contributed by atoms with van der Waals surface area (Å²) in [5.74, 6) is -0.745. The molecule has 5 nitrogen and oxygen atoms in total. The van der Waals surface area contributed by atoms with Gasteiger partial charge >= 0.3 is 0 Å². The highest BCUT2D eigenvalue weighted by Crippen LogP contribution is 2.32. The molecule has 1 unspecified atom stereocenters. The predicted octanol–water partition coefficient (Wildman–Crippen LogP) is 4.46. The molecule has 164 valence electrons. The molecule has 0 amide bonds. The Kier molecular flexibility index (Phi) is 6.92. The van der Waals surface area contributed by atoms with Crippen molar-refractivity contribution in [2.75, 3.05) is 18.2 Å². The van der Waals surface area contributed by atoms with Crippen LogP contribution in [0.15, 0.2) is 65.6 Å². The molecule has 8 heteroatoms. The number of anilines is 1. The first-order valence-electron chi connectivity index (χ1n) is 9.61. The Balaban J connectivity index is 2.11. The highest BCUT2D eigenvalue weighted by molar-refractivity contribution is 7.90. The summed E-state index contributed by atoms with van der Waals surface area (Å²) in [6, 6.07) is 13.3. The molecule has 0 spiro atoms. The summed E-state index contributed by atoms with van der Waals surface area (Å²) in [5.41, 5.74) is 1.50. The molecule has 0 aliphatic rings. The van der Waals surface area contributed by atoms with Crippen molar-refractivity contribution in [3.05, 3.63) is 89.0 Å². The lowest BCUT2D eigenvalue weighted by atomic mass is 9.97. The van der Waals surface area contributed by atoms with Crippen LogP contribution in [0.25, 0.3) is 0 Å². The minimum Gasteiger partial charge on any atom is -0.494 e. The van der Waals surface area contributed by atoms with Gasteiger partial charge in [0.1, 0.15) is 17.4 Å². The smallest absolute Gasteiger partial charge is 0.175 e. The van der Waals surface area contributed by atoms with E-state index in [0.717, 1.165) is 24.5 Å². The van der Waals surface area contributed by atoms with E-state index in [9.17, 15) is 22.3 Å². The molecular weight excluding hydrogens is 424 g/mol. The van der Waals surface area contributed by atoms with Crippen molar-refractivity contribution < 1.29 is 27.0 Å². The Bertz CT molecular complexity index is 1180. The van der Waals surface area contributed by atoms with E-state index in [1.54, 1.807) is 30.3 Å². The second kappa shape index (κ2) is 9.45. The van der Waals surface area contributed by atoms with Crippen LogP contribution in [-0.2, 0) is 16.4 Å². The second-order valence-electron chi connectivity index (χ2n) is 7.00. The molecule has 0 aliphatic carbocycles. The summed E-state index contributed by atoms with van der Waals surface area (Å²) in [5, 5.41) is 12.8. The third-order valence-electron chi connectivity index (χ3n) is 4.73. The van der Waals surface area contributed by atoms with E-state index in [1.165, 1.54) is 12.1 Å². The van der Waals surface area contributed by atoms with E-state index >= 15 is 0 Å². The summed E-state index contributed by atoms with van der Waals surface area (Å²) in [6.45, 7) is 1.98. The van der Waals surface area contributed by atoms with Crippen molar-refractivity contribution in [2.45, 2.75) is 24.5 Å². The molecule has 0 bridgehead atoms. The number of benzene rings is 3. The van der Waals surface area contributed by atoms with E-state index in [-0.39, 0.29) is 17.1 Å². The zero-order chi connectivity index (χ0) is 22.6. The SMILES string of the molecule is CCOc1ccc(NC(c2cccc(S(C)(=O)=O)c2)c2cc(F)ccc2F)cc1CO. The van der Waals surface area contributed by atoms with E-state index in [1.807, 2.05) is 6.92 Å². The van der Waals surface area contributed by atoms with Crippen molar-refractivity contribution in [1.82, 2.24) is 0 Å². The van der Waals surface area contributed by atoms with Gasteiger partial charge in [-0.15, -0.1) is 0 Å². The Labute approximate surface area is 180 Å². The fourth-order valence-corrected chi connectivity index (χ4v) is 3.93. The topological polar surface area (TPSA) is 75.6 Å². The van der Waals surface area contributed by atoms with Crippen molar-refractivity contribution in [3.63, 3.8) is 0 Å². The van der Waals surface area contributed by atoms with Crippen LogP contribution in [0.5, 0.6) is 5.75 Å². The number of rotatable bonds is 8. The summed E-state index contributed by atoms with van der Waals surface area (Å²) < 4.78 is 58.1. The van der Waals surface area contributed by atoms with Crippen LogP contribution in [0.2, 0.25) is 0 Å². The van der Waals surface area contributed by atoms with Gasteiger partial charge in [-0.1, -0.05) is 12.1 Å². The number of sulfone groups is 1. The maximum atomic E-state index is 14.7. The molecule has 3 aromatic rings. The Morgan fingerprint density at radius 2 is 1.84 bits per heavy atom. The second-order valence-corrected chi connectivity index (χ2v) is 9.02. The minimum atomic E-state index is -3.50. The summed E-state index contributed by atoms with van der Waals surface area (Å²) in [7, 11) is -3.50. The molecule has 0 saturated heterocycles. The van der Waals surface area contributed by atoms with Gasteiger partial charge in [0.25, 0.3) is 0 Å². The average molecular weight is 448 g/mol. The largest absolute Gasteiger partial charge is 0.494 e. The van der Waals surface area contributed by atoms with Crippen molar-refractivity contribution >= 4 is 15.5 Å². The van der Waals surface area contributed by atoms with Crippen molar-refractivity contribution in [2.24, 2.45) is 0 Å². The number of aliphatic hydroxyl groups excluding tert-OH is 1. The number of aliphatic hydroxyl groups is 1. The van der Waals surface area contributed by atoms with E-state index in [4.69, 9.17) is 4.74 Å². The van der Waals surface area contributed by atoms with Crippen LogP contribution in [0, 0.1) is 11.6 Å². The highest BCUT2D eigenvalue weighted by atomic mass is 32.2. The van der Waals surface area contributed by atoms with Crippen molar-refractivity contribution in [1.29, 1.82) is 0 Å². The van der Waals surface area contributed by atoms with Crippen LogP contribution in [0.1, 0.15) is 29.7 Å². The van der Waals surface area contributed by atoms with E-state index < -0.39 is 27.5 Å². The predicted molar refractivity (Wildman–Crippen MR) is 115 cm³/mol. The van der Waals surface area contributed by atoms with Gasteiger partial charge in [0.05, 0.1) is 24.2 Å². The lowest BCUT2D eigenvalue weighted by Gasteiger charge is -2.23. The fraction of sp³-hybridized carbons (Fsp3) is 0.217. The zero-order valence-corrected chi connectivity index (χ0v) is 17.9. The quantitative estimate of drug-likeness (QED) is 0.533. The van der Waals surface area contributed by atoms with Gasteiger partial charge in [0, 0.05) is 23.1 Å². The number of nitrogens with one attached hydrogen (secondary N) is 1. The van der Waals surface area contributed by atoms with Gasteiger partial charge in [-0.25, -0.2) is 17.2 Å². The van der Waals surface area contributed by atoms with Gasteiger partial charge < -0.3 is 15.2 Å². The molecule has 0 radical (unpaired) electrons. The third-order valence-corrected chi connectivity index (χ3v) is 5.84. The number of ether oxygens (including phenoxy) is 1. The summed E-state index contributed by atoms with van der Waals surface area (Å²) in [4.78, 5) is 0.0661. The van der Waals surface area contributed by atoms with Crippen LogP contribution in [-0.4, -0.2) is 26.4 Å². The average Bonchev–Trinajstić information content (AvgIpc) is 2.74. The Hall–Kier alpha value is -2.97. The first-order valence-corrected chi connectivity index (χ1v) is 11.5. The first kappa shape index (κ1) is 22.7. The molecular formula is C23H23F2NO4S. The summed E-state index contributed by atoms with van der Waals surface area (Å²) >= 11 is 0. The lowest BCUT2D eigenvalue weighted by Crippen LogP contribution is -2.15. The summed E-state index contributed by atoms with van der Waals surface area (Å²) in [6.07, 6.45) is 1.08. The van der Waals surface area contributed by atoms with Crippen LogP contribution in [0.3, 0.4) is 0 Å². The minimum absolute atomic E-state index is 0.0186. The van der Waals surface area contributed by atoms with Crippen LogP contribution >= 0.6 is 0 Å². The molecule has 3 aromatic carbocycles. The normalized spacial score (nSPS) is 12.4. The van der Waals surface area contributed by atoms with Gasteiger partial charge in [-0.05, 0) is 61.0 Å². The van der Waals surface area contributed by atoms with Crippen LogP contribution < -0.4 is 10.1 Å². The van der Waals surface area contributed by atoms with Gasteiger partial charge in [0.2, 0.25) is 0 Å². The van der Waals surface area contributed by atoms with E-state index in [0.29, 0.717) is 29.2 Å². The highest BCUT2D eigenvalue weighted by Gasteiger charge is 2.21. The number of hydrogen-bond acceptors (Lipinski definition) is 5. The van der Waals surface area contributed by atoms with Gasteiger partial charge in [-0.3, -0.25) is 0 Å². The van der Waals surface area contributed by atoms with Crippen molar-refractivity contribution in [3.8, 4) is 5.75 Å². The Morgan fingerprint density at radius 3 is 2.52 bits per heavy atom. The van der Waals surface area contributed by atoms with Gasteiger partial charge in [0.15, 0.2) is 9.84 Å². The standard InChI is InChI=1S/C23H23F2NO4S/c1-3-30-22-10-8-18(11-16(22)14-27)26-23(20-13-17(24)7-9-21(20)25)15-5-4-6-19(12-15)31(2,28)29/h4-13,23,26-27H,3,14H2,1-2H3. The molecule has 1 atom stereocenters. The maximum absolute atomic E-state index is 14.7. The molecule has 3 rings (SSSR count). The van der Waals surface area contributed by atoms with Gasteiger partial charge in [-0.2, -0.15) is 0 Å². The molecule has 31 heavy (non-hydrogen) atoms. The number of hydrogen-bond donors (Lipinski definition) is 2. The molecule has 0 fully saturated rings. The van der Waals surface area contributed by atoms with Crippen LogP contribution in [0.4, 0.5) is 14.5 Å². The molecule has 0 heterocycles. The zero-order valence-electron chi connectivity index (χ0n) is 17.1. The Morgan fingerprint density at radius 1 is 1.06 bits per heavy atom. The monoisotopic (exact) mass is 447 g/mol. The molecule has 2 N–H and O–H groups in total.